The Morgan fingerprint density at radius 1 is 1.08 bits per heavy atom. The molecule has 2 N–H and O–H groups in total. The largest absolute Gasteiger partial charge is 0.448 e. The Hall–Kier alpha value is -4.20. The van der Waals surface area contributed by atoms with Crippen LogP contribution < -0.4 is 10.6 Å². The van der Waals surface area contributed by atoms with Crippen molar-refractivity contribution in [2.75, 3.05) is 18.9 Å². The van der Waals surface area contributed by atoms with Crippen molar-refractivity contribution in [2.45, 2.75) is 23.7 Å². The van der Waals surface area contributed by atoms with Crippen LogP contribution in [0.3, 0.4) is 0 Å². The zero-order chi connectivity index (χ0) is 28.2. The first-order valence-electron chi connectivity index (χ1n) is 11.5. The lowest BCUT2D eigenvalue weighted by molar-refractivity contribution is -0.154. The van der Waals surface area contributed by atoms with E-state index in [0.717, 1.165) is 4.90 Å². The summed E-state index contributed by atoms with van der Waals surface area (Å²) in [6, 6.07) is 16.3. The Labute approximate surface area is 222 Å². The molecule has 1 fully saturated rings. The highest BCUT2D eigenvalue weighted by Gasteiger charge is 2.57. The minimum atomic E-state index is -4.68. The van der Waals surface area contributed by atoms with Crippen LogP contribution in [0.2, 0.25) is 0 Å². The van der Waals surface area contributed by atoms with E-state index in [1.165, 1.54) is 5.32 Å². The van der Waals surface area contributed by atoms with Crippen LogP contribution in [-0.2, 0) is 34.7 Å². The summed E-state index contributed by atoms with van der Waals surface area (Å²) in [5, 5.41) is 2.71. The Kier molecular flexibility index (Phi) is 8.33. The van der Waals surface area contributed by atoms with E-state index in [9.17, 15) is 36.6 Å². The zero-order valence-corrected chi connectivity index (χ0v) is 20.9. The number of fused-ring (bicyclic) bond motifs is 1. The second kappa shape index (κ2) is 11.7. The molecule has 2 aromatic carbocycles. The summed E-state index contributed by atoms with van der Waals surface area (Å²) < 4.78 is 60.8. The van der Waals surface area contributed by atoms with Crippen molar-refractivity contribution in [2.24, 2.45) is 0 Å². The molecule has 0 spiro atoms. The van der Waals surface area contributed by atoms with E-state index >= 15 is 0 Å². The Bertz CT molecular complexity index is 1270. The van der Waals surface area contributed by atoms with Gasteiger partial charge in [0, 0.05) is 5.57 Å². The molecule has 0 saturated carbocycles. The molecule has 4 rings (SSSR count). The van der Waals surface area contributed by atoms with Crippen LogP contribution >= 0.6 is 0 Å². The summed E-state index contributed by atoms with van der Waals surface area (Å²) in [7, 11) is -1.84. The quantitative estimate of drug-likeness (QED) is 0.270. The summed E-state index contributed by atoms with van der Waals surface area (Å²) >= 11 is 0. The van der Waals surface area contributed by atoms with Crippen LogP contribution in [0, 0.1) is 0 Å². The van der Waals surface area contributed by atoms with Gasteiger partial charge in [-0.2, -0.15) is 13.2 Å². The number of benzene rings is 2. The molecule has 0 aliphatic carbocycles. The van der Waals surface area contributed by atoms with Crippen molar-refractivity contribution in [1.82, 2.24) is 15.5 Å². The second-order valence-corrected chi connectivity index (χ2v) is 10.0. The number of carbonyl (C=O) groups excluding carboxylic acids is 4. The summed E-state index contributed by atoms with van der Waals surface area (Å²) in [4.78, 5) is 50.1. The van der Waals surface area contributed by atoms with Gasteiger partial charge in [0.15, 0.2) is 6.10 Å². The summed E-state index contributed by atoms with van der Waals surface area (Å²) in [5.74, 6) is -2.12. The first-order valence-corrected chi connectivity index (χ1v) is 12.9. The van der Waals surface area contributed by atoms with E-state index in [2.05, 4.69) is 5.32 Å². The van der Waals surface area contributed by atoms with E-state index in [0.29, 0.717) is 11.1 Å². The highest BCUT2D eigenvalue weighted by Crippen LogP contribution is 2.37. The summed E-state index contributed by atoms with van der Waals surface area (Å²) in [5.41, 5.74) is 0.769. The molecule has 1 saturated heterocycles. The van der Waals surface area contributed by atoms with E-state index in [-0.39, 0.29) is 23.4 Å². The average Bonchev–Trinajstić information content (AvgIpc) is 2.92. The molecular weight excluding hydrogens is 543 g/mol. The van der Waals surface area contributed by atoms with Crippen LogP contribution in [0.25, 0.3) is 0 Å². The predicted molar refractivity (Wildman–Crippen MR) is 130 cm³/mol. The van der Waals surface area contributed by atoms with Crippen molar-refractivity contribution in [3.63, 3.8) is 0 Å². The first kappa shape index (κ1) is 27.8. The normalized spacial score (nSPS) is 20.6. The number of rotatable bonds is 9. The SMILES string of the molecule is O=CN[C@@H]1C(=O)N2C(C(=O)OC(c3ccccc3)c3ccccc3)=C(COC(=O)NCC(F)(F)F)CS(=O)[C@H]12. The van der Waals surface area contributed by atoms with Crippen LogP contribution in [-0.4, -0.2) is 70.0 Å². The number of β-lactam (4-membered cyclic amide) rings is 1. The molecule has 0 radical (unpaired) electrons. The molecule has 206 valence electrons. The number of ether oxygens (including phenoxy) is 2. The molecule has 0 aromatic heterocycles. The van der Waals surface area contributed by atoms with Crippen LogP contribution in [0.15, 0.2) is 71.9 Å². The average molecular weight is 566 g/mol. The fourth-order valence-electron chi connectivity index (χ4n) is 4.17. The van der Waals surface area contributed by atoms with E-state index in [4.69, 9.17) is 9.47 Å². The standard InChI is InChI=1S/C25H22F3N3O7S/c26-25(27,28)13-29-24(35)37-11-17-12-39(36)22-18(30-14-32)21(33)31(22)19(17)23(34)38-20(15-7-3-1-4-8-15)16-9-5-2-6-10-16/h1-10,14,18,20,22H,11-13H2,(H,29,35)(H,30,32)/t18-,22-,39?/m1/s1. The van der Waals surface area contributed by atoms with Gasteiger partial charge in [0.1, 0.15) is 30.3 Å². The van der Waals surface area contributed by atoms with Gasteiger partial charge in [-0.1, -0.05) is 60.7 Å². The van der Waals surface area contributed by atoms with Gasteiger partial charge in [0.2, 0.25) is 6.41 Å². The van der Waals surface area contributed by atoms with Crippen molar-refractivity contribution in [3.05, 3.63) is 83.1 Å². The molecule has 3 amide bonds. The molecule has 39 heavy (non-hydrogen) atoms. The molecule has 2 aliphatic heterocycles. The second-order valence-electron chi connectivity index (χ2n) is 8.49. The van der Waals surface area contributed by atoms with Crippen LogP contribution in [0.5, 0.6) is 0 Å². The third kappa shape index (κ3) is 6.28. The molecule has 1 unspecified atom stereocenters. The fraction of sp³-hybridized carbons (Fsp3) is 0.280. The van der Waals surface area contributed by atoms with Crippen LogP contribution in [0.4, 0.5) is 18.0 Å². The number of alkyl halides is 3. The van der Waals surface area contributed by atoms with Crippen molar-refractivity contribution >= 4 is 35.2 Å². The Morgan fingerprint density at radius 2 is 1.67 bits per heavy atom. The van der Waals surface area contributed by atoms with Gasteiger partial charge < -0.3 is 20.1 Å². The zero-order valence-electron chi connectivity index (χ0n) is 20.1. The van der Waals surface area contributed by atoms with Gasteiger partial charge in [-0.3, -0.25) is 18.7 Å². The van der Waals surface area contributed by atoms with Crippen LogP contribution in [0.1, 0.15) is 17.2 Å². The van der Waals surface area contributed by atoms with Gasteiger partial charge >= 0.3 is 18.2 Å². The molecule has 2 heterocycles. The summed E-state index contributed by atoms with van der Waals surface area (Å²) in [6.45, 7) is -2.38. The number of carbonyl (C=O) groups is 4. The predicted octanol–water partition coefficient (Wildman–Crippen LogP) is 1.91. The van der Waals surface area contributed by atoms with Crippen molar-refractivity contribution < 1.29 is 46.0 Å². The molecular formula is C25H22F3N3O7S. The number of hydrogen-bond donors (Lipinski definition) is 2. The van der Waals surface area contributed by atoms with E-state index in [1.807, 2.05) is 0 Å². The molecule has 0 bridgehead atoms. The molecule has 3 atom stereocenters. The fourth-order valence-corrected chi connectivity index (χ4v) is 5.85. The third-order valence-electron chi connectivity index (χ3n) is 5.89. The van der Waals surface area contributed by atoms with Crippen molar-refractivity contribution in [3.8, 4) is 0 Å². The van der Waals surface area contributed by atoms with E-state index in [1.54, 1.807) is 60.7 Å². The van der Waals surface area contributed by atoms with Gasteiger partial charge in [0.25, 0.3) is 5.91 Å². The smallest absolute Gasteiger partial charge is 0.407 e. The van der Waals surface area contributed by atoms with Gasteiger partial charge in [-0.25, -0.2) is 9.59 Å². The number of nitrogens with zero attached hydrogens (tertiary/aromatic N) is 1. The number of amides is 3. The van der Waals surface area contributed by atoms with Crippen molar-refractivity contribution in [1.29, 1.82) is 0 Å². The molecule has 2 aromatic rings. The third-order valence-corrected chi connectivity index (χ3v) is 7.54. The minimum absolute atomic E-state index is 0.0884. The summed E-state index contributed by atoms with van der Waals surface area (Å²) in [6.07, 6.45) is -6.76. The molecule has 10 nitrogen and oxygen atoms in total. The number of alkyl carbamates (subject to hydrolysis) is 1. The maximum atomic E-state index is 13.6. The Morgan fingerprint density at radius 3 is 2.21 bits per heavy atom. The number of hydrogen-bond acceptors (Lipinski definition) is 7. The van der Waals surface area contributed by atoms with Gasteiger partial charge in [-0.05, 0) is 11.1 Å². The lowest BCUT2D eigenvalue weighted by atomic mass is 10.0. The number of halogens is 3. The van der Waals surface area contributed by atoms with E-state index < -0.39 is 65.6 Å². The maximum absolute atomic E-state index is 13.6. The molecule has 2 aliphatic rings. The van der Waals surface area contributed by atoms with Gasteiger partial charge in [0.05, 0.1) is 16.6 Å². The monoisotopic (exact) mass is 565 g/mol. The molecule has 14 heteroatoms. The number of nitrogens with one attached hydrogen (secondary N) is 2. The highest BCUT2D eigenvalue weighted by atomic mass is 32.2. The number of esters is 1. The lowest BCUT2D eigenvalue weighted by Gasteiger charge is -2.48. The topological polar surface area (TPSA) is 131 Å². The minimum Gasteiger partial charge on any atom is -0.448 e. The first-order chi connectivity index (χ1) is 18.6. The highest BCUT2D eigenvalue weighted by molar-refractivity contribution is 7.86. The lowest BCUT2D eigenvalue weighted by Crippen LogP contribution is -2.73. The van der Waals surface area contributed by atoms with Gasteiger partial charge in [-0.15, -0.1) is 0 Å². The maximum Gasteiger partial charge on any atom is 0.407 e. The Balaban J connectivity index is 1.65.